The highest BCUT2D eigenvalue weighted by atomic mass is 19.1. The number of carbonyl (C=O) groups excluding carboxylic acids is 1. The first-order valence-corrected chi connectivity index (χ1v) is 5.85. The number of methoxy groups -OCH3 is 1. The van der Waals surface area contributed by atoms with Gasteiger partial charge in [-0.3, -0.25) is 4.79 Å². The predicted octanol–water partition coefficient (Wildman–Crippen LogP) is 1.53. The van der Waals surface area contributed by atoms with Gasteiger partial charge in [-0.25, -0.2) is 4.39 Å². The van der Waals surface area contributed by atoms with Gasteiger partial charge in [-0.2, -0.15) is 0 Å². The molecular formula is C14H16FNO3. The minimum absolute atomic E-state index is 0.0247. The molecule has 0 spiro atoms. The molecule has 0 unspecified atom stereocenters. The van der Waals surface area contributed by atoms with E-state index in [1.54, 1.807) is 6.07 Å². The Morgan fingerprint density at radius 1 is 1.53 bits per heavy atom. The molecule has 0 saturated heterocycles. The Labute approximate surface area is 111 Å². The van der Waals surface area contributed by atoms with Crippen LogP contribution in [0.4, 0.5) is 10.1 Å². The Kier molecular flexibility index (Phi) is 6.58. The molecule has 0 heterocycles. The summed E-state index contributed by atoms with van der Waals surface area (Å²) in [7, 11) is 1.49. The zero-order chi connectivity index (χ0) is 14.1. The van der Waals surface area contributed by atoms with Crippen molar-refractivity contribution in [3.8, 4) is 11.8 Å². The standard InChI is InChI=1S/C14H16FNO3/c1-19-9-7-14(18)16-13-6-5-11(10-12(13)15)4-2-3-8-17/h5-6,10,17H,3,7-9H2,1H3,(H,16,18). The fourth-order valence-electron chi connectivity index (χ4n) is 1.32. The van der Waals surface area contributed by atoms with E-state index in [9.17, 15) is 9.18 Å². The van der Waals surface area contributed by atoms with Crippen LogP contribution in [-0.4, -0.2) is 31.3 Å². The quantitative estimate of drug-likeness (QED) is 0.794. The highest BCUT2D eigenvalue weighted by molar-refractivity contribution is 5.90. The Bertz CT molecular complexity index is 491. The third-order valence-corrected chi connectivity index (χ3v) is 2.25. The van der Waals surface area contributed by atoms with Crippen molar-refractivity contribution < 1.29 is 19.0 Å². The Morgan fingerprint density at radius 2 is 2.32 bits per heavy atom. The zero-order valence-electron chi connectivity index (χ0n) is 10.7. The molecule has 1 amide bonds. The van der Waals surface area contributed by atoms with Crippen molar-refractivity contribution in [1.82, 2.24) is 0 Å². The van der Waals surface area contributed by atoms with Crippen molar-refractivity contribution in [3.05, 3.63) is 29.6 Å². The third kappa shape index (κ3) is 5.51. The average molecular weight is 265 g/mol. The van der Waals surface area contributed by atoms with Gasteiger partial charge in [0.2, 0.25) is 5.91 Å². The lowest BCUT2D eigenvalue weighted by atomic mass is 10.2. The van der Waals surface area contributed by atoms with Crippen LogP contribution in [0.5, 0.6) is 0 Å². The van der Waals surface area contributed by atoms with Gasteiger partial charge in [0.05, 0.1) is 25.3 Å². The van der Waals surface area contributed by atoms with Crippen LogP contribution < -0.4 is 5.32 Å². The summed E-state index contributed by atoms with van der Waals surface area (Å²) in [6.07, 6.45) is 0.519. The molecule has 0 bridgehead atoms. The number of benzene rings is 1. The number of hydrogen-bond acceptors (Lipinski definition) is 3. The van der Waals surface area contributed by atoms with Gasteiger partial charge in [-0.15, -0.1) is 0 Å². The van der Waals surface area contributed by atoms with E-state index in [-0.39, 0.29) is 31.2 Å². The van der Waals surface area contributed by atoms with Crippen LogP contribution in [0.1, 0.15) is 18.4 Å². The molecule has 0 saturated carbocycles. The number of hydrogen-bond donors (Lipinski definition) is 2. The van der Waals surface area contributed by atoms with Gasteiger partial charge in [0, 0.05) is 19.1 Å². The summed E-state index contributed by atoms with van der Waals surface area (Å²) in [5.41, 5.74) is 0.620. The lowest BCUT2D eigenvalue weighted by Crippen LogP contribution is -2.14. The van der Waals surface area contributed by atoms with E-state index in [0.29, 0.717) is 12.0 Å². The molecule has 0 aliphatic carbocycles. The van der Waals surface area contributed by atoms with E-state index < -0.39 is 5.82 Å². The monoisotopic (exact) mass is 265 g/mol. The highest BCUT2D eigenvalue weighted by Gasteiger charge is 2.07. The molecule has 102 valence electrons. The summed E-state index contributed by atoms with van der Waals surface area (Å²) in [4.78, 5) is 11.4. The first kappa shape index (κ1) is 15.2. The maximum Gasteiger partial charge on any atom is 0.226 e. The predicted molar refractivity (Wildman–Crippen MR) is 70.1 cm³/mol. The molecule has 0 aliphatic rings. The topological polar surface area (TPSA) is 58.6 Å². The number of halogens is 1. The smallest absolute Gasteiger partial charge is 0.226 e. The van der Waals surface area contributed by atoms with Crippen LogP contribution in [0.25, 0.3) is 0 Å². The second-order valence-corrected chi connectivity index (χ2v) is 3.76. The SMILES string of the molecule is COCCC(=O)Nc1ccc(C#CCCO)cc1F. The van der Waals surface area contributed by atoms with E-state index in [1.807, 2.05) is 0 Å². The van der Waals surface area contributed by atoms with Crippen molar-refractivity contribution in [1.29, 1.82) is 0 Å². The summed E-state index contributed by atoms with van der Waals surface area (Å²) >= 11 is 0. The number of aliphatic hydroxyl groups excluding tert-OH is 1. The summed E-state index contributed by atoms with van der Waals surface area (Å²) < 4.78 is 18.4. The molecule has 1 aromatic carbocycles. The largest absolute Gasteiger partial charge is 0.395 e. The Hall–Kier alpha value is -1.90. The van der Waals surface area contributed by atoms with E-state index in [1.165, 1.54) is 19.2 Å². The maximum absolute atomic E-state index is 13.7. The third-order valence-electron chi connectivity index (χ3n) is 2.25. The molecule has 0 aliphatic heterocycles. The molecular weight excluding hydrogens is 249 g/mol. The molecule has 0 atom stereocenters. The maximum atomic E-state index is 13.7. The number of carbonyl (C=O) groups is 1. The Morgan fingerprint density at radius 3 is 2.95 bits per heavy atom. The van der Waals surface area contributed by atoms with Crippen molar-refractivity contribution in [2.45, 2.75) is 12.8 Å². The summed E-state index contributed by atoms with van der Waals surface area (Å²) in [5, 5.41) is 11.0. The molecule has 1 rings (SSSR count). The number of ether oxygens (including phenoxy) is 1. The van der Waals surface area contributed by atoms with Gasteiger partial charge in [0.25, 0.3) is 0 Å². The average Bonchev–Trinajstić information content (AvgIpc) is 2.40. The molecule has 19 heavy (non-hydrogen) atoms. The number of rotatable bonds is 5. The van der Waals surface area contributed by atoms with E-state index in [4.69, 9.17) is 9.84 Å². The van der Waals surface area contributed by atoms with E-state index in [2.05, 4.69) is 17.2 Å². The van der Waals surface area contributed by atoms with Crippen LogP contribution in [0.15, 0.2) is 18.2 Å². The van der Waals surface area contributed by atoms with Crippen molar-refractivity contribution in [3.63, 3.8) is 0 Å². The fraction of sp³-hybridized carbons (Fsp3) is 0.357. The normalized spacial score (nSPS) is 9.63. The molecule has 2 N–H and O–H groups in total. The Balaban J connectivity index is 2.67. The van der Waals surface area contributed by atoms with Gasteiger partial charge >= 0.3 is 0 Å². The highest BCUT2D eigenvalue weighted by Crippen LogP contribution is 2.15. The summed E-state index contributed by atoms with van der Waals surface area (Å²) in [5.74, 6) is 4.57. The number of nitrogens with one attached hydrogen (secondary N) is 1. The second-order valence-electron chi connectivity index (χ2n) is 3.76. The van der Waals surface area contributed by atoms with E-state index in [0.717, 1.165) is 0 Å². The molecule has 0 radical (unpaired) electrons. The molecule has 1 aromatic rings. The molecule has 0 fully saturated rings. The zero-order valence-corrected chi connectivity index (χ0v) is 10.7. The first-order valence-electron chi connectivity index (χ1n) is 5.85. The lowest BCUT2D eigenvalue weighted by molar-refractivity contribution is -0.117. The van der Waals surface area contributed by atoms with Gasteiger partial charge in [-0.1, -0.05) is 11.8 Å². The minimum Gasteiger partial charge on any atom is -0.395 e. The van der Waals surface area contributed by atoms with Crippen molar-refractivity contribution in [2.24, 2.45) is 0 Å². The van der Waals surface area contributed by atoms with Crippen LogP contribution in [0.2, 0.25) is 0 Å². The molecule has 0 aromatic heterocycles. The minimum atomic E-state index is -0.540. The van der Waals surface area contributed by atoms with Gasteiger partial charge in [0.1, 0.15) is 5.82 Å². The molecule has 4 nitrogen and oxygen atoms in total. The molecule has 5 heteroatoms. The van der Waals surface area contributed by atoms with Gasteiger partial charge in [0.15, 0.2) is 0 Å². The van der Waals surface area contributed by atoms with Crippen LogP contribution in [0, 0.1) is 17.7 Å². The number of anilines is 1. The summed E-state index contributed by atoms with van der Waals surface area (Å²) in [6, 6.07) is 4.32. The number of amides is 1. The van der Waals surface area contributed by atoms with E-state index >= 15 is 0 Å². The van der Waals surface area contributed by atoms with Crippen LogP contribution in [-0.2, 0) is 9.53 Å². The van der Waals surface area contributed by atoms with Crippen LogP contribution in [0.3, 0.4) is 0 Å². The second kappa shape index (κ2) is 8.25. The van der Waals surface area contributed by atoms with Gasteiger partial charge < -0.3 is 15.2 Å². The lowest BCUT2D eigenvalue weighted by Gasteiger charge is -2.06. The van der Waals surface area contributed by atoms with Crippen molar-refractivity contribution in [2.75, 3.05) is 25.6 Å². The van der Waals surface area contributed by atoms with Crippen molar-refractivity contribution >= 4 is 11.6 Å². The van der Waals surface area contributed by atoms with Crippen LogP contribution >= 0.6 is 0 Å². The number of aliphatic hydroxyl groups is 1. The van der Waals surface area contributed by atoms with Gasteiger partial charge in [-0.05, 0) is 18.2 Å². The summed E-state index contributed by atoms with van der Waals surface area (Å²) in [6.45, 7) is 0.265. The fourth-order valence-corrected chi connectivity index (χ4v) is 1.32. The first-order chi connectivity index (χ1) is 9.17.